The van der Waals surface area contributed by atoms with Gasteiger partial charge in [0.2, 0.25) is 5.91 Å². The third kappa shape index (κ3) is 3.59. The summed E-state index contributed by atoms with van der Waals surface area (Å²) in [6.45, 7) is 4.13. The highest BCUT2D eigenvalue weighted by molar-refractivity contribution is 5.97. The van der Waals surface area contributed by atoms with Gasteiger partial charge in [0.15, 0.2) is 0 Å². The van der Waals surface area contributed by atoms with Gasteiger partial charge < -0.3 is 15.1 Å². The Morgan fingerprint density at radius 2 is 2.00 bits per heavy atom. The molecule has 2 saturated heterocycles. The van der Waals surface area contributed by atoms with Gasteiger partial charge in [-0.15, -0.1) is 0 Å². The number of rotatable bonds is 3. The van der Waals surface area contributed by atoms with Crippen LogP contribution in [0.1, 0.15) is 24.0 Å². The van der Waals surface area contributed by atoms with Gasteiger partial charge in [0.1, 0.15) is 5.82 Å². The van der Waals surface area contributed by atoms with E-state index < -0.39 is 0 Å². The fraction of sp³-hybridized carbons (Fsp3) is 0.364. The van der Waals surface area contributed by atoms with Crippen LogP contribution >= 0.6 is 0 Å². The van der Waals surface area contributed by atoms with Gasteiger partial charge in [-0.1, -0.05) is 30.3 Å². The first-order valence-corrected chi connectivity index (χ1v) is 9.59. The van der Waals surface area contributed by atoms with Crippen molar-refractivity contribution in [2.75, 3.05) is 24.5 Å². The largest absolute Gasteiger partial charge is 0.334 e. The molecular weight excluding hydrogens is 357 g/mol. The molecule has 0 radical (unpaired) electrons. The maximum absolute atomic E-state index is 13.3. The van der Waals surface area contributed by atoms with E-state index >= 15 is 0 Å². The molecule has 0 unspecified atom stereocenters. The normalized spacial score (nSPS) is 21.6. The number of carbonyl (C=O) groups excluding carboxylic acids is 2. The summed E-state index contributed by atoms with van der Waals surface area (Å²) in [6, 6.07) is 13.9. The minimum atomic E-state index is -0.312. The van der Waals surface area contributed by atoms with E-state index in [1.165, 1.54) is 12.1 Å². The summed E-state index contributed by atoms with van der Waals surface area (Å²) in [5, 5.41) is 2.86. The molecule has 2 aliphatic heterocycles. The van der Waals surface area contributed by atoms with Crippen molar-refractivity contribution >= 4 is 17.6 Å². The minimum Gasteiger partial charge on any atom is -0.334 e. The van der Waals surface area contributed by atoms with Gasteiger partial charge in [-0.25, -0.2) is 9.18 Å². The minimum absolute atomic E-state index is 0.122. The number of para-hydroxylation sites is 1. The zero-order valence-corrected chi connectivity index (χ0v) is 16.0. The highest BCUT2D eigenvalue weighted by Gasteiger charge is 2.49. The van der Waals surface area contributed by atoms with E-state index in [0.717, 1.165) is 23.2 Å². The van der Waals surface area contributed by atoms with Crippen LogP contribution in [0.15, 0.2) is 48.5 Å². The van der Waals surface area contributed by atoms with Crippen molar-refractivity contribution in [3.63, 3.8) is 0 Å². The van der Waals surface area contributed by atoms with Crippen molar-refractivity contribution in [3.8, 4) is 0 Å². The number of halogens is 1. The highest BCUT2D eigenvalue weighted by atomic mass is 19.1. The number of aryl methyl sites for hydroxylation is 1. The van der Waals surface area contributed by atoms with Crippen LogP contribution in [0, 0.1) is 18.2 Å². The fourth-order valence-corrected chi connectivity index (χ4v) is 4.30. The van der Waals surface area contributed by atoms with Crippen LogP contribution in [0.5, 0.6) is 0 Å². The summed E-state index contributed by atoms with van der Waals surface area (Å²) in [6.07, 6.45) is 1.28. The van der Waals surface area contributed by atoms with Crippen molar-refractivity contribution in [3.05, 3.63) is 65.5 Å². The van der Waals surface area contributed by atoms with Gasteiger partial charge in [-0.05, 0) is 42.7 Å². The van der Waals surface area contributed by atoms with E-state index in [1.807, 2.05) is 36.1 Å². The molecule has 2 aromatic carbocycles. The molecule has 0 aliphatic carbocycles. The number of nitrogens with one attached hydrogen (secondary N) is 1. The van der Waals surface area contributed by atoms with Gasteiger partial charge in [0.05, 0.1) is 0 Å². The number of anilines is 1. The van der Waals surface area contributed by atoms with Gasteiger partial charge in [0, 0.05) is 43.7 Å². The standard InChI is InChI=1S/C22H24FN3O2/c1-16-5-2-3-8-19(16)26-15-22(12-20(26)27)9-10-25(14-22)21(28)24-13-17-6-4-7-18(23)11-17/h2-8,11H,9-10,12-15H2,1H3,(H,24,28)/t22-/m1/s1. The number of amides is 3. The Kier molecular flexibility index (Phi) is 4.79. The highest BCUT2D eigenvalue weighted by Crippen LogP contribution is 2.42. The van der Waals surface area contributed by atoms with Crippen LogP contribution in [0.25, 0.3) is 0 Å². The molecule has 5 nitrogen and oxygen atoms in total. The quantitative estimate of drug-likeness (QED) is 0.885. The number of nitrogens with zero attached hydrogens (tertiary/aromatic N) is 2. The smallest absolute Gasteiger partial charge is 0.317 e. The number of benzene rings is 2. The van der Waals surface area contributed by atoms with Crippen molar-refractivity contribution in [2.45, 2.75) is 26.3 Å². The molecule has 0 aromatic heterocycles. The lowest BCUT2D eigenvalue weighted by atomic mass is 9.86. The topological polar surface area (TPSA) is 52.6 Å². The number of likely N-dealkylation sites (tertiary alicyclic amines) is 1. The second kappa shape index (κ2) is 7.26. The second-order valence-electron chi connectivity index (χ2n) is 7.90. The SMILES string of the molecule is Cc1ccccc1N1C[C@]2(CCN(C(=O)NCc3cccc(F)c3)C2)CC1=O. The van der Waals surface area contributed by atoms with Gasteiger partial charge in [0.25, 0.3) is 0 Å². The Labute approximate surface area is 164 Å². The molecule has 146 valence electrons. The summed E-state index contributed by atoms with van der Waals surface area (Å²) in [5.41, 5.74) is 2.58. The van der Waals surface area contributed by atoms with Crippen molar-refractivity contribution in [1.29, 1.82) is 0 Å². The Bertz CT molecular complexity index is 916. The predicted octanol–water partition coefficient (Wildman–Crippen LogP) is 3.47. The third-order valence-corrected chi connectivity index (χ3v) is 5.79. The van der Waals surface area contributed by atoms with E-state index in [1.54, 1.807) is 17.0 Å². The summed E-state index contributed by atoms with van der Waals surface area (Å²) >= 11 is 0. The Morgan fingerprint density at radius 1 is 1.18 bits per heavy atom. The first kappa shape index (κ1) is 18.5. The zero-order valence-electron chi connectivity index (χ0n) is 16.0. The molecular formula is C22H24FN3O2. The molecule has 2 fully saturated rings. The summed E-state index contributed by atoms with van der Waals surface area (Å²) in [4.78, 5) is 28.9. The molecule has 28 heavy (non-hydrogen) atoms. The molecule has 2 aromatic rings. The van der Waals surface area contributed by atoms with Crippen LogP contribution in [0.4, 0.5) is 14.9 Å². The van der Waals surface area contributed by atoms with Crippen LogP contribution in [-0.4, -0.2) is 36.5 Å². The summed E-state index contributed by atoms with van der Waals surface area (Å²) in [7, 11) is 0. The zero-order chi connectivity index (χ0) is 19.7. The lowest BCUT2D eigenvalue weighted by molar-refractivity contribution is -0.117. The molecule has 4 rings (SSSR count). The molecule has 1 atom stereocenters. The molecule has 1 N–H and O–H groups in total. The summed E-state index contributed by atoms with van der Waals surface area (Å²) < 4.78 is 13.3. The van der Waals surface area contributed by atoms with E-state index in [0.29, 0.717) is 26.1 Å². The molecule has 6 heteroatoms. The van der Waals surface area contributed by atoms with Crippen molar-refractivity contribution in [1.82, 2.24) is 10.2 Å². The fourth-order valence-electron chi connectivity index (χ4n) is 4.30. The average molecular weight is 381 g/mol. The van der Waals surface area contributed by atoms with E-state index in [9.17, 15) is 14.0 Å². The van der Waals surface area contributed by atoms with E-state index in [2.05, 4.69) is 5.32 Å². The van der Waals surface area contributed by atoms with Crippen LogP contribution in [0.2, 0.25) is 0 Å². The number of hydrogen-bond donors (Lipinski definition) is 1. The van der Waals surface area contributed by atoms with Crippen molar-refractivity contribution in [2.24, 2.45) is 5.41 Å². The Morgan fingerprint density at radius 3 is 2.79 bits per heavy atom. The number of urea groups is 1. The molecule has 0 saturated carbocycles. The molecule has 0 bridgehead atoms. The third-order valence-electron chi connectivity index (χ3n) is 5.79. The predicted molar refractivity (Wildman–Crippen MR) is 105 cm³/mol. The second-order valence-corrected chi connectivity index (χ2v) is 7.90. The van der Waals surface area contributed by atoms with Crippen LogP contribution in [-0.2, 0) is 11.3 Å². The van der Waals surface area contributed by atoms with Crippen LogP contribution in [0.3, 0.4) is 0 Å². The average Bonchev–Trinajstić information content (AvgIpc) is 3.23. The maximum atomic E-state index is 13.3. The number of hydrogen-bond acceptors (Lipinski definition) is 2. The van der Waals surface area contributed by atoms with E-state index in [4.69, 9.17) is 0 Å². The van der Waals surface area contributed by atoms with Crippen molar-refractivity contribution < 1.29 is 14.0 Å². The summed E-state index contributed by atoms with van der Waals surface area (Å²) in [5.74, 6) is -0.191. The molecule has 1 spiro atoms. The molecule has 3 amide bonds. The van der Waals surface area contributed by atoms with Crippen LogP contribution < -0.4 is 10.2 Å². The van der Waals surface area contributed by atoms with Gasteiger partial charge >= 0.3 is 6.03 Å². The molecule has 2 aliphatic rings. The van der Waals surface area contributed by atoms with E-state index in [-0.39, 0.29) is 29.7 Å². The van der Waals surface area contributed by atoms with Gasteiger partial charge in [-0.3, -0.25) is 4.79 Å². The first-order chi connectivity index (χ1) is 13.5. The Balaban J connectivity index is 1.39. The number of carbonyl (C=O) groups is 2. The van der Waals surface area contributed by atoms with Gasteiger partial charge in [-0.2, -0.15) is 0 Å². The lowest BCUT2D eigenvalue weighted by Crippen LogP contribution is -2.40. The Hall–Kier alpha value is -2.89. The molecule has 2 heterocycles. The first-order valence-electron chi connectivity index (χ1n) is 9.59. The monoisotopic (exact) mass is 381 g/mol. The maximum Gasteiger partial charge on any atom is 0.317 e. The lowest BCUT2D eigenvalue weighted by Gasteiger charge is -2.25.